The van der Waals surface area contributed by atoms with Crippen LogP contribution in [0.25, 0.3) is 11.4 Å². The molecule has 3 heterocycles. The highest BCUT2D eigenvalue weighted by molar-refractivity contribution is 5.78. The van der Waals surface area contributed by atoms with Crippen LogP contribution in [-0.4, -0.2) is 92.5 Å². The second-order valence-corrected chi connectivity index (χ2v) is 7.75. The Morgan fingerprint density at radius 1 is 0.862 bits per heavy atom. The minimum Gasteiger partial charge on any atom is -0.342 e. The molecule has 154 valence electrons. The smallest absolute Gasteiger partial charge is 0.246 e. The predicted octanol–water partition coefficient (Wildman–Crippen LogP) is 0.415. The quantitative estimate of drug-likeness (QED) is 0.727. The summed E-state index contributed by atoms with van der Waals surface area (Å²) in [6, 6.07) is 7.88. The third-order valence-electron chi connectivity index (χ3n) is 5.58. The zero-order valence-corrected chi connectivity index (χ0v) is 16.8. The Bertz CT molecular complexity index is 850. The molecule has 9 nitrogen and oxygen atoms in total. The Labute approximate surface area is 170 Å². The summed E-state index contributed by atoms with van der Waals surface area (Å²) in [4.78, 5) is 32.1. The molecule has 0 bridgehead atoms. The molecule has 2 amide bonds. The number of aromatic nitrogens is 4. The summed E-state index contributed by atoms with van der Waals surface area (Å²) in [5.41, 5.74) is 2.04. The lowest BCUT2D eigenvalue weighted by molar-refractivity contribution is -0.135. The van der Waals surface area contributed by atoms with Gasteiger partial charge in [0.1, 0.15) is 6.54 Å². The van der Waals surface area contributed by atoms with Crippen LogP contribution in [0, 0.1) is 6.92 Å². The van der Waals surface area contributed by atoms with Crippen LogP contribution in [0.15, 0.2) is 24.3 Å². The molecular weight excluding hydrogens is 370 g/mol. The second kappa shape index (κ2) is 8.69. The van der Waals surface area contributed by atoms with Crippen molar-refractivity contribution in [3.05, 3.63) is 29.8 Å². The maximum atomic E-state index is 12.6. The number of likely N-dealkylation sites (tertiary alicyclic amines) is 1. The molecule has 2 aliphatic heterocycles. The minimum atomic E-state index is -0.0247. The average molecular weight is 397 g/mol. The van der Waals surface area contributed by atoms with Gasteiger partial charge in [0, 0.05) is 44.8 Å². The number of hydrogen-bond acceptors (Lipinski definition) is 6. The zero-order chi connectivity index (χ0) is 20.2. The molecule has 0 unspecified atom stereocenters. The molecule has 2 aliphatic rings. The molecule has 2 saturated heterocycles. The van der Waals surface area contributed by atoms with E-state index in [1.54, 1.807) is 0 Å². The average Bonchev–Trinajstić information content (AvgIpc) is 3.41. The van der Waals surface area contributed by atoms with Crippen LogP contribution in [0.3, 0.4) is 0 Å². The Morgan fingerprint density at radius 2 is 1.48 bits per heavy atom. The molecule has 0 aliphatic carbocycles. The van der Waals surface area contributed by atoms with Crippen LogP contribution in [0.4, 0.5) is 0 Å². The Hall–Kier alpha value is -2.81. The van der Waals surface area contributed by atoms with Crippen molar-refractivity contribution in [2.75, 3.05) is 45.8 Å². The summed E-state index contributed by atoms with van der Waals surface area (Å²) in [5.74, 6) is 0.698. The Balaban J connectivity index is 1.26. The van der Waals surface area contributed by atoms with Gasteiger partial charge in [-0.05, 0) is 25.0 Å². The number of piperazine rings is 1. The van der Waals surface area contributed by atoms with Gasteiger partial charge in [0.15, 0.2) is 0 Å². The van der Waals surface area contributed by atoms with E-state index >= 15 is 0 Å². The number of carbonyl (C=O) groups excluding carboxylic acids is 2. The zero-order valence-electron chi connectivity index (χ0n) is 16.8. The van der Waals surface area contributed by atoms with E-state index in [9.17, 15) is 9.59 Å². The van der Waals surface area contributed by atoms with Gasteiger partial charge in [-0.2, -0.15) is 4.80 Å². The highest BCUT2D eigenvalue weighted by Crippen LogP contribution is 2.14. The summed E-state index contributed by atoms with van der Waals surface area (Å²) in [6.07, 6.45) is 2.21. The molecule has 0 N–H and O–H groups in total. The highest BCUT2D eigenvalue weighted by Gasteiger charge is 2.25. The largest absolute Gasteiger partial charge is 0.342 e. The van der Waals surface area contributed by atoms with Gasteiger partial charge in [0.25, 0.3) is 0 Å². The van der Waals surface area contributed by atoms with Crippen molar-refractivity contribution < 1.29 is 9.59 Å². The molecule has 1 aromatic heterocycles. The van der Waals surface area contributed by atoms with E-state index in [4.69, 9.17) is 0 Å². The van der Waals surface area contributed by atoms with Crippen molar-refractivity contribution in [1.29, 1.82) is 0 Å². The van der Waals surface area contributed by atoms with Gasteiger partial charge in [0.2, 0.25) is 17.6 Å². The van der Waals surface area contributed by atoms with E-state index in [0.29, 0.717) is 38.5 Å². The van der Waals surface area contributed by atoms with Gasteiger partial charge >= 0.3 is 0 Å². The maximum absolute atomic E-state index is 12.6. The maximum Gasteiger partial charge on any atom is 0.246 e. The van der Waals surface area contributed by atoms with Gasteiger partial charge in [-0.15, -0.1) is 10.2 Å². The monoisotopic (exact) mass is 397 g/mol. The second-order valence-electron chi connectivity index (χ2n) is 7.75. The third-order valence-corrected chi connectivity index (χ3v) is 5.58. The van der Waals surface area contributed by atoms with E-state index in [1.807, 2.05) is 41.0 Å². The van der Waals surface area contributed by atoms with E-state index in [-0.39, 0.29) is 18.4 Å². The molecule has 0 saturated carbocycles. The first-order valence-corrected chi connectivity index (χ1v) is 10.2. The molecule has 0 spiro atoms. The number of hydrogen-bond donors (Lipinski definition) is 0. The van der Waals surface area contributed by atoms with Crippen molar-refractivity contribution in [1.82, 2.24) is 34.9 Å². The normalized spacial score (nSPS) is 17.7. The summed E-state index contributed by atoms with van der Waals surface area (Å²) < 4.78 is 0. The van der Waals surface area contributed by atoms with Crippen LogP contribution in [0.2, 0.25) is 0 Å². The lowest BCUT2D eigenvalue weighted by atomic mass is 10.1. The van der Waals surface area contributed by atoms with Gasteiger partial charge in [-0.1, -0.05) is 29.8 Å². The molecule has 4 rings (SSSR count). The van der Waals surface area contributed by atoms with E-state index in [2.05, 4.69) is 20.3 Å². The first-order valence-electron chi connectivity index (χ1n) is 10.2. The molecule has 0 radical (unpaired) electrons. The van der Waals surface area contributed by atoms with Crippen LogP contribution >= 0.6 is 0 Å². The van der Waals surface area contributed by atoms with Gasteiger partial charge < -0.3 is 9.80 Å². The van der Waals surface area contributed by atoms with Crippen LogP contribution in [-0.2, 0) is 16.1 Å². The fourth-order valence-electron chi connectivity index (χ4n) is 3.76. The summed E-state index contributed by atoms with van der Waals surface area (Å²) in [5, 5.41) is 12.4. The molecule has 1 aromatic carbocycles. The number of rotatable bonds is 5. The molecule has 9 heteroatoms. The first-order chi connectivity index (χ1) is 14.1. The fourth-order valence-corrected chi connectivity index (χ4v) is 3.76. The molecule has 2 fully saturated rings. The standard InChI is InChI=1S/C20H27N7O2/c1-16-4-6-17(7-5-16)20-21-23-27(22-20)15-19(29)26-12-10-24(11-13-26)14-18(28)25-8-2-3-9-25/h4-7H,2-3,8-15H2,1H3. The molecule has 2 aromatic rings. The number of tetrazole rings is 1. The predicted molar refractivity (Wildman–Crippen MR) is 107 cm³/mol. The number of carbonyl (C=O) groups is 2. The summed E-state index contributed by atoms with van der Waals surface area (Å²) >= 11 is 0. The molecule has 0 atom stereocenters. The van der Waals surface area contributed by atoms with Gasteiger partial charge in [-0.3, -0.25) is 14.5 Å². The van der Waals surface area contributed by atoms with Gasteiger partial charge in [0.05, 0.1) is 6.54 Å². The molecular formula is C20H27N7O2. The Morgan fingerprint density at radius 3 is 2.17 bits per heavy atom. The van der Waals surface area contributed by atoms with E-state index in [0.717, 1.165) is 37.1 Å². The van der Waals surface area contributed by atoms with Crippen LogP contribution in [0.1, 0.15) is 18.4 Å². The fraction of sp³-hybridized carbons (Fsp3) is 0.550. The highest BCUT2D eigenvalue weighted by atomic mass is 16.2. The van der Waals surface area contributed by atoms with Crippen molar-refractivity contribution in [2.45, 2.75) is 26.3 Å². The van der Waals surface area contributed by atoms with Crippen molar-refractivity contribution in [3.8, 4) is 11.4 Å². The molecule has 29 heavy (non-hydrogen) atoms. The number of nitrogens with zero attached hydrogens (tertiary/aromatic N) is 7. The topological polar surface area (TPSA) is 87.5 Å². The minimum absolute atomic E-state index is 0.0247. The summed E-state index contributed by atoms with van der Waals surface area (Å²) in [6.45, 7) is 6.97. The van der Waals surface area contributed by atoms with Crippen LogP contribution in [0.5, 0.6) is 0 Å². The first kappa shape index (κ1) is 19.5. The van der Waals surface area contributed by atoms with E-state index in [1.165, 1.54) is 4.80 Å². The number of amides is 2. The van der Waals surface area contributed by atoms with Gasteiger partial charge in [-0.25, -0.2) is 0 Å². The van der Waals surface area contributed by atoms with Crippen LogP contribution < -0.4 is 0 Å². The van der Waals surface area contributed by atoms with Crippen molar-refractivity contribution >= 4 is 11.8 Å². The lowest BCUT2D eigenvalue weighted by Crippen LogP contribution is -2.52. The number of aryl methyl sites for hydroxylation is 1. The van der Waals surface area contributed by atoms with E-state index < -0.39 is 0 Å². The third kappa shape index (κ3) is 4.79. The lowest BCUT2D eigenvalue weighted by Gasteiger charge is -2.34. The summed E-state index contributed by atoms with van der Waals surface area (Å²) in [7, 11) is 0. The van der Waals surface area contributed by atoms with Crippen molar-refractivity contribution in [2.24, 2.45) is 0 Å². The SMILES string of the molecule is Cc1ccc(-c2nnn(CC(=O)N3CCN(CC(=O)N4CCCC4)CC3)n2)cc1. The van der Waals surface area contributed by atoms with Crippen molar-refractivity contribution in [3.63, 3.8) is 0 Å². The number of benzene rings is 1. The Kier molecular flexibility index (Phi) is 5.84.